The van der Waals surface area contributed by atoms with Crippen molar-refractivity contribution in [3.05, 3.63) is 69.8 Å². The van der Waals surface area contributed by atoms with Gasteiger partial charge in [0.05, 0.1) is 11.1 Å². The number of oxazole rings is 1. The van der Waals surface area contributed by atoms with Crippen molar-refractivity contribution in [2.24, 2.45) is 0 Å². The number of aryl methyl sites for hydroxylation is 1. The highest BCUT2D eigenvalue weighted by molar-refractivity contribution is 5.78. The van der Waals surface area contributed by atoms with Gasteiger partial charge in [-0.05, 0) is 62.4 Å². The average Bonchev–Trinajstić information content (AvgIpc) is 3.14. The van der Waals surface area contributed by atoms with Crippen molar-refractivity contribution in [3.63, 3.8) is 0 Å². The Bertz CT molecular complexity index is 1380. The lowest BCUT2D eigenvalue weighted by atomic mass is 10.0. The maximum absolute atomic E-state index is 13.5. The van der Waals surface area contributed by atoms with Crippen LogP contribution in [0, 0.1) is 6.92 Å². The van der Waals surface area contributed by atoms with Crippen molar-refractivity contribution in [1.29, 1.82) is 0 Å². The fraction of sp³-hybridized carbons (Fsp3) is 0.261. The molecule has 0 spiro atoms. The first-order valence-electron chi connectivity index (χ1n) is 10.6. The molecule has 8 nitrogen and oxygen atoms in total. The molecule has 0 bridgehead atoms. The third kappa shape index (κ3) is 5.20. The van der Waals surface area contributed by atoms with Crippen LogP contribution in [0.1, 0.15) is 36.6 Å². The lowest BCUT2D eigenvalue weighted by molar-refractivity contribution is -0.137. The van der Waals surface area contributed by atoms with E-state index in [1.165, 1.54) is 0 Å². The average molecular weight is 472 g/mol. The van der Waals surface area contributed by atoms with Crippen molar-refractivity contribution in [2.45, 2.75) is 33.0 Å². The highest BCUT2D eigenvalue weighted by Gasteiger charge is 2.31. The molecule has 0 aliphatic rings. The number of rotatable bonds is 7. The highest BCUT2D eigenvalue weighted by atomic mass is 19.4. The third-order valence-electron chi connectivity index (χ3n) is 5.20. The van der Waals surface area contributed by atoms with Gasteiger partial charge in [-0.25, -0.2) is 9.78 Å². The second-order valence-corrected chi connectivity index (χ2v) is 7.82. The van der Waals surface area contributed by atoms with Gasteiger partial charge in [-0.15, -0.1) is 0 Å². The smallest absolute Gasteiger partial charge is 0.408 e. The van der Waals surface area contributed by atoms with E-state index in [2.05, 4.69) is 30.9 Å². The Hall–Kier alpha value is -3.86. The molecule has 11 heteroatoms. The summed E-state index contributed by atoms with van der Waals surface area (Å²) >= 11 is 0. The number of nitrogens with zero attached hydrogens (tertiary/aromatic N) is 2. The molecular formula is C23H23F3N6O2. The molecule has 0 saturated heterocycles. The van der Waals surface area contributed by atoms with E-state index in [0.29, 0.717) is 34.7 Å². The fourth-order valence-electron chi connectivity index (χ4n) is 3.49. The quantitative estimate of drug-likeness (QED) is 0.285. The first-order valence-corrected chi connectivity index (χ1v) is 10.6. The molecule has 1 unspecified atom stereocenters. The fourth-order valence-corrected chi connectivity index (χ4v) is 3.49. The molecule has 0 radical (unpaired) electrons. The van der Waals surface area contributed by atoms with Crippen LogP contribution in [0.25, 0.3) is 11.1 Å². The standard InChI is InChI=1S/C23H23F3N6O2/c1-4-27-13(3)14-7-15(23(24,25)26)9-17(8-14)30-21-28-11-12(2)20(32-21)29-16-5-6-19-18(10-16)31-22(33)34-19/h5-11,13,27H,4H2,1-3H3,(H,31,33)(H2,28,29,30,32). The number of hydrogen-bond donors (Lipinski definition) is 4. The number of fused-ring (bicyclic) bond motifs is 1. The zero-order chi connectivity index (χ0) is 24.5. The Morgan fingerprint density at radius 1 is 1.12 bits per heavy atom. The summed E-state index contributed by atoms with van der Waals surface area (Å²) in [5.74, 6) is 0.0314. The van der Waals surface area contributed by atoms with Crippen LogP contribution in [0.3, 0.4) is 0 Å². The van der Waals surface area contributed by atoms with Crippen molar-refractivity contribution >= 4 is 34.2 Å². The number of alkyl halides is 3. The van der Waals surface area contributed by atoms with Crippen molar-refractivity contribution < 1.29 is 17.6 Å². The van der Waals surface area contributed by atoms with E-state index in [1.807, 2.05) is 6.92 Å². The molecular weight excluding hydrogens is 449 g/mol. The Kier molecular flexibility index (Phi) is 6.29. The van der Waals surface area contributed by atoms with Gasteiger partial charge < -0.3 is 20.4 Å². The molecule has 2 heterocycles. The SMILES string of the molecule is CCNC(C)c1cc(Nc2ncc(C)c(Nc3ccc4oc(=O)[nH]c4c3)n2)cc(C(F)(F)F)c1. The Morgan fingerprint density at radius 2 is 1.91 bits per heavy atom. The molecule has 2 aromatic carbocycles. The van der Waals surface area contributed by atoms with Crippen LogP contribution in [0.5, 0.6) is 0 Å². The highest BCUT2D eigenvalue weighted by Crippen LogP contribution is 2.34. The predicted octanol–water partition coefficient (Wildman–Crippen LogP) is 5.40. The first kappa shape index (κ1) is 23.3. The van der Waals surface area contributed by atoms with Gasteiger partial charge in [0.15, 0.2) is 5.58 Å². The van der Waals surface area contributed by atoms with Crippen LogP contribution in [0.2, 0.25) is 0 Å². The number of hydrogen-bond acceptors (Lipinski definition) is 7. The largest absolute Gasteiger partial charge is 0.417 e. The topological polar surface area (TPSA) is 108 Å². The summed E-state index contributed by atoms with van der Waals surface area (Å²) in [4.78, 5) is 22.6. The van der Waals surface area contributed by atoms with E-state index < -0.39 is 17.5 Å². The first-order chi connectivity index (χ1) is 16.1. The molecule has 34 heavy (non-hydrogen) atoms. The number of aromatic amines is 1. The molecule has 4 aromatic rings. The number of halogens is 3. The molecule has 4 rings (SSSR count). The van der Waals surface area contributed by atoms with Gasteiger partial charge in [-0.2, -0.15) is 18.2 Å². The summed E-state index contributed by atoms with van der Waals surface area (Å²) in [7, 11) is 0. The monoisotopic (exact) mass is 472 g/mol. The maximum Gasteiger partial charge on any atom is 0.417 e. The molecule has 4 N–H and O–H groups in total. The number of anilines is 4. The lowest BCUT2D eigenvalue weighted by Crippen LogP contribution is -2.19. The minimum absolute atomic E-state index is 0.132. The molecule has 0 saturated carbocycles. The molecule has 0 aliphatic heterocycles. The van der Waals surface area contributed by atoms with Gasteiger partial charge in [-0.3, -0.25) is 4.98 Å². The Labute approximate surface area is 192 Å². The number of aromatic nitrogens is 3. The predicted molar refractivity (Wildman–Crippen MR) is 124 cm³/mol. The van der Waals surface area contributed by atoms with Crippen LogP contribution in [-0.4, -0.2) is 21.5 Å². The van der Waals surface area contributed by atoms with Crippen molar-refractivity contribution in [2.75, 3.05) is 17.2 Å². The van der Waals surface area contributed by atoms with Gasteiger partial charge in [0, 0.05) is 29.2 Å². The third-order valence-corrected chi connectivity index (χ3v) is 5.20. The summed E-state index contributed by atoms with van der Waals surface area (Å²) in [6.45, 7) is 6.11. The van der Waals surface area contributed by atoms with Gasteiger partial charge in [0.1, 0.15) is 5.82 Å². The van der Waals surface area contributed by atoms with Gasteiger partial charge in [0.25, 0.3) is 0 Å². The number of nitrogens with one attached hydrogen (secondary N) is 4. The van der Waals surface area contributed by atoms with E-state index in [-0.39, 0.29) is 17.7 Å². The van der Waals surface area contributed by atoms with Crippen LogP contribution >= 0.6 is 0 Å². The summed E-state index contributed by atoms with van der Waals surface area (Å²) in [5, 5.41) is 9.15. The molecule has 178 valence electrons. The Morgan fingerprint density at radius 3 is 2.65 bits per heavy atom. The summed E-state index contributed by atoms with van der Waals surface area (Å²) in [6, 6.07) is 8.58. The minimum atomic E-state index is -4.49. The van der Waals surface area contributed by atoms with Gasteiger partial charge in [0.2, 0.25) is 5.95 Å². The molecule has 0 aliphatic carbocycles. The van der Waals surface area contributed by atoms with Crippen molar-refractivity contribution in [3.8, 4) is 0 Å². The second kappa shape index (κ2) is 9.18. The normalized spacial score (nSPS) is 12.6. The van der Waals surface area contributed by atoms with Crippen LogP contribution < -0.4 is 21.7 Å². The minimum Gasteiger partial charge on any atom is -0.408 e. The maximum atomic E-state index is 13.5. The zero-order valence-corrected chi connectivity index (χ0v) is 18.7. The van der Waals surface area contributed by atoms with Crippen molar-refractivity contribution in [1.82, 2.24) is 20.3 Å². The Balaban J connectivity index is 1.63. The van der Waals surface area contributed by atoms with Gasteiger partial charge in [-0.1, -0.05) is 6.92 Å². The van der Waals surface area contributed by atoms with E-state index in [1.54, 1.807) is 44.3 Å². The molecule has 2 aromatic heterocycles. The molecule has 1 atom stereocenters. The van der Waals surface area contributed by atoms with Crippen LogP contribution in [-0.2, 0) is 6.18 Å². The van der Waals surface area contributed by atoms with Gasteiger partial charge >= 0.3 is 11.9 Å². The van der Waals surface area contributed by atoms with Crippen LogP contribution in [0.4, 0.5) is 36.3 Å². The molecule has 0 amide bonds. The van der Waals surface area contributed by atoms with E-state index in [4.69, 9.17) is 4.42 Å². The number of benzene rings is 2. The zero-order valence-electron chi connectivity index (χ0n) is 18.7. The number of H-pyrrole nitrogens is 1. The van der Waals surface area contributed by atoms with Crippen LogP contribution in [0.15, 0.2) is 51.8 Å². The van der Waals surface area contributed by atoms with E-state index in [9.17, 15) is 18.0 Å². The van der Waals surface area contributed by atoms with E-state index >= 15 is 0 Å². The molecule has 0 fully saturated rings. The summed E-state index contributed by atoms with van der Waals surface area (Å²) < 4.78 is 45.5. The lowest BCUT2D eigenvalue weighted by Gasteiger charge is -2.18. The summed E-state index contributed by atoms with van der Waals surface area (Å²) in [5.41, 5.74) is 2.25. The summed E-state index contributed by atoms with van der Waals surface area (Å²) in [6.07, 6.45) is -2.93. The van der Waals surface area contributed by atoms with E-state index in [0.717, 1.165) is 17.7 Å². The second-order valence-electron chi connectivity index (χ2n) is 7.82.